The average Bonchev–Trinajstić information content (AvgIpc) is 2.45. The molecule has 2 aromatic rings. The molecule has 1 atom stereocenters. The summed E-state index contributed by atoms with van der Waals surface area (Å²) in [4.78, 5) is 11.7. The second kappa shape index (κ2) is 5.69. The Morgan fingerprint density at radius 3 is 2.14 bits per heavy atom. The third-order valence-corrected chi connectivity index (χ3v) is 3.03. The summed E-state index contributed by atoms with van der Waals surface area (Å²) in [5, 5.41) is 10.6. The zero-order valence-corrected chi connectivity index (χ0v) is 11.2. The van der Waals surface area contributed by atoms with Gasteiger partial charge in [-0.2, -0.15) is 0 Å². The van der Waals surface area contributed by atoms with Crippen molar-refractivity contribution in [3.8, 4) is 5.75 Å². The smallest absolute Gasteiger partial charge is 0.406 e. The van der Waals surface area contributed by atoms with Crippen molar-refractivity contribution in [2.75, 3.05) is 0 Å². The minimum atomic E-state index is -4.88. The highest BCUT2D eigenvalue weighted by Crippen LogP contribution is 2.32. The van der Waals surface area contributed by atoms with E-state index in [0.29, 0.717) is 0 Å². The zero-order chi connectivity index (χ0) is 16.4. The lowest BCUT2D eigenvalue weighted by atomic mass is 9.85. The van der Waals surface area contributed by atoms with Gasteiger partial charge >= 0.3 is 6.36 Å². The molecule has 1 unspecified atom stereocenters. The molecule has 0 fully saturated rings. The molecule has 0 heterocycles. The van der Waals surface area contributed by atoms with E-state index in [1.54, 1.807) is 18.2 Å². The Kier molecular flexibility index (Phi) is 4.09. The summed E-state index contributed by atoms with van der Waals surface area (Å²) < 4.78 is 40.6. The highest BCUT2D eigenvalue weighted by Gasteiger charge is 2.39. The molecule has 0 aliphatic rings. The molecule has 1 amide bonds. The van der Waals surface area contributed by atoms with Crippen LogP contribution in [0.2, 0.25) is 0 Å². The number of primary amides is 1. The van der Waals surface area contributed by atoms with Crippen LogP contribution in [0.1, 0.15) is 11.1 Å². The maximum Gasteiger partial charge on any atom is 0.573 e. The molecule has 22 heavy (non-hydrogen) atoms. The molecule has 0 saturated heterocycles. The van der Waals surface area contributed by atoms with Crippen LogP contribution >= 0.6 is 0 Å². The lowest BCUT2D eigenvalue weighted by molar-refractivity contribution is -0.274. The molecule has 0 bridgehead atoms. The van der Waals surface area contributed by atoms with E-state index in [1.807, 2.05) is 0 Å². The largest absolute Gasteiger partial charge is 0.573 e. The minimum Gasteiger partial charge on any atom is -0.406 e. The lowest BCUT2D eigenvalue weighted by Crippen LogP contribution is -2.42. The van der Waals surface area contributed by atoms with Gasteiger partial charge in [0.05, 0.1) is 0 Å². The number of alkyl halides is 3. The Labute approximate surface area is 123 Å². The Bertz CT molecular complexity index is 673. The first-order valence-electron chi connectivity index (χ1n) is 6.17. The van der Waals surface area contributed by atoms with Crippen molar-refractivity contribution in [2.24, 2.45) is 5.73 Å². The maximum absolute atomic E-state index is 12.3. The fourth-order valence-electron chi connectivity index (χ4n) is 2.05. The van der Waals surface area contributed by atoms with Crippen LogP contribution < -0.4 is 10.5 Å². The Hall–Kier alpha value is -2.54. The quantitative estimate of drug-likeness (QED) is 0.910. The number of amides is 1. The van der Waals surface area contributed by atoms with Gasteiger partial charge < -0.3 is 15.6 Å². The van der Waals surface area contributed by atoms with Crippen molar-refractivity contribution in [2.45, 2.75) is 12.0 Å². The van der Waals surface area contributed by atoms with E-state index < -0.39 is 23.6 Å². The molecule has 0 radical (unpaired) electrons. The molecule has 0 aliphatic carbocycles. The van der Waals surface area contributed by atoms with Crippen LogP contribution in [0.15, 0.2) is 54.6 Å². The highest BCUT2D eigenvalue weighted by molar-refractivity contribution is 5.88. The number of carbonyl (C=O) groups excluding carboxylic acids is 1. The molecule has 2 aromatic carbocycles. The van der Waals surface area contributed by atoms with E-state index in [2.05, 4.69) is 4.74 Å². The van der Waals surface area contributed by atoms with Crippen LogP contribution in [-0.2, 0) is 10.4 Å². The van der Waals surface area contributed by atoms with Gasteiger partial charge in [0, 0.05) is 5.56 Å². The molecule has 7 heteroatoms. The molecule has 4 nitrogen and oxygen atoms in total. The van der Waals surface area contributed by atoms with E-state index in [1.165, 1.54) is 24.3 Å². The highest BCUT2D eigenvalue weighted by atomic mass is 19.4. The van der Waals surface area contributed by atoms with Gasteiger partial charge in [-0.3, -0.25) is 4.79 Å². The molecular formula is C15H12F3NO3. The normalized spacial score (nSPS) is 14.2. The van der Waals surface area contributed by atoms with Crippen molar-refractivity contribution < 1.29 is 27.8 Å². The van der Waals surface area contributed by atoms with Crippen LogP contribution in [0.3, 0.4) is 0 Å². The van der Waals surface area contributed by atoms with Gasteiger partial charge in [0.1, 0.15) is 5.75 Å². The van der Waals surface area contributed by atoms with Crippen LogP contribution in [-0.4, -0.2) is 17.4 Å². The van der Waals surface area contributed by atoms with E-state index >= 15 is 0 Å². The number of halogens is 3. The average molecular weight is 311 g/mol. The summed E-state index contributed by atoms with van der Waals surface area (Å²) in [7, 11) is 0. The minimum absolute atomic E-state index is 0.118. The van der Waals surface area contributed by atoms with E-state index in [9.17, 15) is 23.1 Å². The Morgan fingerprint density at radius 1 is 1.00 bits per heavy atom. The molecule has 2 rings (SSSR count). The summed E-state index contributed by atoms with van der Waals surface area (Å²) in [6.45, 7) is 0. The van der Waals surface area contributed by atoms with Crippen molar-refractivity contribution in [3.63, 3.8) is 0 Å². The van der Waals surface area contributed by atoms with Crippen LogP contribution in [0.4, 0.5) is 13.2 Å². The number of benzene rings is 2. The molecular weight excluding hydrogens is 299 g/mol. The van der Waals surface area contributed by atoms with Gasteiger partial charge in [-0.25, -0.2) is 0 Å². The molecule has 0 spiro atoms. The van der Waals surface area contributed by atoms with Gasteiger partial charge in [0.25, 0.3) is 5.91 Å². The first-order valence-corrected chi connectivity index (χ1v) is 6.17. The number of nitrogens with two attached hydrogens (primary N) is 1. The Balaban J connectivity index is 2.51. The van der Waals surface area contributed by atoms with Crippen molar-refractivity contribution in [1.29, 1.82) is 0 Å². The van der Waals surface area contributed by atoms with Gasteiger partial charge in [-0.05, 0) is 17.7 Å². The van der Waals surface area contributed by atoms with Crippen LogP contribution in [0, 0.1) is 0 Å². The predicted octanol–water partition coefficient (Wildman–Crippen LogP) is 2.31. The molecule has 0 aliphatic heterocycles. The number of aliphatic hydroxyl groups is 1. The van der Waals surface area contributed by atoms with E-state index in [0.717, 1.165) is 12.1 Å². The maximum atomic E-state index is 12.3. The Morgan fingerprint density at radius 2 is 1.59 bits per heavy atom. The van der Waals surface area contributed by atoms with Crippen molar-refractivity contribution >= 4 is 5.91 Å². The van der Waals surface area contributed by atoms with Gasteiger partial charge in [0.2, 0.25) is 0 Å². The summed E-state index contributed by atoms with van der Waals surface area (Å²) in [6, 6.07) is 12.2. The fraction of sp³-hybridized carbons (Fsp3) is 0.133. The number of rotatable bonds is 4. The summed E-state index contributed by atoms with van der Waals surface area (Å²) in [5.41, 5.74) is 3.03. The van der Waals surface area contributed by atoms with E-state index in [4.69, 9.17) is 5.73 Å². The first kappa shape index (κ1) is 15.8. The lowest BCUT2D eigenvalue weighted by Gasteiger charge is -2.26. The molecule has 116 valence electrons. The summed E-state index contributed by atoms with van der Waals surface area (Å²) in [5.74, 6) is -1.66. The van der Waals surface area contributed by atoms with E-state index in [-0.39, 0.29) is 11.1 Å². The predicted molar refractivity (Wildman–Crippen MR) is 71.8 cm³/mol. The fourth-order valence-corrected chi connectivity index (χ4v) is 2.05. The number of hydrogen-bond acceptors (Lipinski definition) is 3. The van der Waals surface area contributed by atoms with Gasteiger partial charge in [0.15, 0.2) is 5.60 Å². The molecule has 0 saturated carbocycles. The standard InChI is InChI=1S/C15H12F3NO3/c16-15(17,18)22-12-8-4-7-11(9-12)14(21,13(19)20)10-5-2-1-3-6-10/h1-9,21H,(H2,19,20). The monoisotopic (exact) mass is 311 g/mol. The number of ether oxygens (including phenoxy) is 1. The third kappa shape index (κ3) is 3.20. The SMILES string of the molecule is NC(=O)C(O)(c1ccccc1)c1cccc(OC(F)(F)F)c1. The van der Waals surface area contributed by atoms with Crippen molar-refractivity contribution in [1.82, 2.24) is 0 Å². The van der Waals surface area contributed by atoms with Crippen LogP contribution in [0.25, 0.3) is 0 Å². The molecule has 0 aromatic heterocycles. The van der Waals surface area contributed by atoms with Crippen molar-refractivity contribution in [3.05, 3.63) is 65.7 Å². The number of carbonyl (C=O) groups is 1. The second-order valence-corrected chi connectivity index (χ2v) is 4.52. The third-order valence-electron chi connectivity index (χ3n) is 3.03. The summed E-state index contributed by atoms with van der Waals surface area (Å²) >= 11 is 0. The molecule has 3 N–H and O–H groups in total. The first-order chi connectivity index (χ1) is 10.2. The second-order valence-electron chi connectivity index (χ2n) is 4.52. The van der Waals surface area contributed by atoms with Crippen LogP contribution in [0.5, 0.6) is 5.75 Å². The topological polar surface area (TPSA) is 72.6 Å². The number of hydrogen-bond donors (Lipinski definition) is 2. The van der Waals surface area contributed by atoms with Gasteiger partial charge in [-0.1, -0.05) is 42.5 Å². The summed E-state index contributed by atoms with van der Waals surface area (Å²) in [6.07, 6.45) is -4.88. The zero-order valence-electron chi connectivity index (χ0n) is 11.2. The van der Waals surface area contributed by atoms with Gasteiger partial charge in [-0.15, -0.1) is 13.2 Å².